The Kier molecular flexibility index (Phi) is 1.78. The van der Waals surface area contributed by atoms with E-state index in [1.165, 1.54) is 19.3 Å². The van der Waals surface area contributed by atoms with Crippen molar-refractivity contribution in [2.45, 2.75) is 46.0 Å². The number of ketones is 1. The molecule has 3 aliphatic rings. The molecule has 0 aromatic heterocycles. The van der Waals surface area contributed by atoms with E-state index in [9.17, 15) is 4.79 Å². The van der Waals surface area contributed by atoms with E-state index < -0.39 is 0 Å². The Morgan fingerprint density at radius 1 is 1.33 bits per heavy atom. The maximum absolute atomic E-state index is 11.6. The monoisotopic (exact) mass is 166 g/mol. The van der Waals surface area contributed by atoms with Crippen molar-refractivity contribution in [3.63, 3.8) is 0 Å². The van der Waals surface area contributed by atoms with E-state index in [0.29, 0.717) is 23.0 Å². The highest BCUT2D eigenvalue weighted by atomic mass is 16.1. The first-order chi connectivity index (χ1) is 5.59. The summed E-state index contributed by atoms with van der Waals surface area (Å²) in [6, 6.07) is 0. The van der Waals surface area contributed by atoms with Crippen molar-refractivity contribution < 1.29 is 4.79 Å². The van der Waals surface area contributed by atoms with Crippen LogP contribution < -0.4 is 0 Å². The predicted molar refractivity (Wildman–Crippen MR) is 48.9 cm³/mol. The van der Waals surface area contributed by atoms with E-state index in [2.05, 4.69) is 13.8 Å². The Balaban J connectivity index is 2.26. The molecule has 0 unspecified atom stereocenters. The van der Waals surface area contributed by atoms with E-state index in [4.69, 9.17) is 0 Å². The van der Waals surface area contributed by atoms with Crippen LogP contribution in [0.2, 0.25) is 0 Å². The number of carbonyl (C=O) groups excluding carboxylic acids is 1. The van der Waals surface area contributed by atoms with Crippen LogP contribution in [0.1, 0.15) is 46.0 Å². The zero-order chi connectivity index (χ0) is 8.77. The molecule has 1 nitrogen and oxygen atoms in total. The third kappa shape index (κ3) is 1.19. The molecule has 0 radical (unpaired) electrons. The van der Waals surface area contributed by atoms with Gasteiger partial charge < -0.3 is 0 Å². The van der Waals surface area contributed by atoms with Gasteiger partial charge in [-0.2, -0.15) is 0 Å². The molecule has 68 valence electrons. The van der Waals surface area contributed by atoms with E-state index >= 15 is 0 Å². The van der Waals surface area contributed by atoms with E-state index in [-0.39, 0.29) is 0 Å². The zero-order valence-corrected chi connectivity index (χ0v) is 8.10. The minimum Gasteiger partial charge on any atom is -0.299 e. The van der Waals surface area contributed by atoms with Crippen molar-refractivity contribution in [2.75, 3.05) is 0 Å². The third-order valence-electron chi connectivity index (χ3n) is 3.89. The maximum Gasteiger partial charge on any atom is 0.136 e. The lowest BCUT2D eigenvalue weighted by Gasteiger charge is -2.38. The average molecular weight is 166 g/mol. The lowest BCUT2D eigenvalue weighted by Crippen LogP contribution is -2.35. The highest BCUT2D eigenvalue weighted by Gasteiger charge is 2.42. The quantitative estimate of drug-likeness (QED) is 0.541. The van der Waals surface area contributed by atoms with Crippen molar-refractivity contribution in [2.24, 2.45) is 17.3 Å². The summed E-state index contributed by atoms with van der Waals surface area (Å²) < 4.78 is 0. The fraction of sp³-hybridized carbons (Fsp3) is 0.909. The normalized spacial score (nSPS) is 39.7. The molecule has 3 saturated carbocycles. The molecular weight excluding hydrogens is 148 g/mol. The smallest absolute Gasteiger partial charge is 0.136 e. The molecule has 0 heterocycles. The lowest BCUT2D eigenvalue weighted by molar-refractivity contribution is -0.128. The lowest BCUT2D eigenvalue weighted by atomic mass is 9.66. The Morgan fingerprint density at radius 3 is 2.83 bits per heavy atom. The summed E-state index contributed by atoms with van der Waals surface area (Å²) in [5.41, 5.74) is 0.440. The Hall–Kier alpha value is -0.330. The van der Waals surface area contributed by atoms with Gasteiger partial charge in [0.1, 0.15) is 5.78 Å². The molecule has 3 aliphatic carbocycles. The zero-order valence-electron chi connectivity index (χ0n) is 8.10. The van der Waals surface area contributed by atoms with Crippen molar-refractivity contribution >= 4 is 5.78 Å². The molecule has 3 rings (SSSR count). The molecule has 2 bridgehead atoms. The van der Waals surface area contributed by atoms with E-state index in [1.807, 2.05) is 0 Å². The Bertz CT molecular complexity index is 205. The Labute approximate surface area is 74.5 Å². The molecule has 3 fully saturated rings. The van der Waals surface area contributed by atoms with Gasteiger partial charge >= 0.3 is 0 Å². The van der Waals surface area contributed by atoms with Crippen molar-refractivity contribution in [1.82, 2.24) is 0 Å². The van der Waals surface area contributed by atoms with Gasteiger partial charge in [0, 0.05) is 12.3 Å². The summed E-state index contributed by atoms with van der Waals surface area (Å²) in [5.74, 6) is 1.65. The van der Waals surface area contributed by atoms with Gasteiger partial charge in [-0.05, 0) is 30.6 Å². The van der Waals surface area contributed by atoms with Crippen LogP contribution in [0.15, 0.2) is 0 Å². The SMILES string of the molecule is CC1(C)C[C@H]2CCC[C@H]1CC2=O. The van der Waals surface area contributed by atoms with Gasteiger partial charge in [-0.1, -0.05) is 20.3 Å². The Morgan fingerprint density at radius 2 is 2.08 bits per heavy atom. The van der Waals surface area contributed by atoms with Crippen molar-refractivity contribution in [3.05, 3.63) is 0 Å². The summed E-state index contributed by atoms with van der Waals surface area (Å²) in [4.78, 5) is 11.6. The molecule has 1 heteroatoms. The van der Waals surface area contributed by atoms with E-state index in [1.54, 1.807) is 0 Å². The molecule has 12 heavy (non-hydrogen) atoms. The second kappa shape index (κ2) is 2.58. The van der Waals surface area contributed by atoms with Gasteiger partial charge in [-0.3, -0.25) is 4.79 Å². The van der Waals surface area contributed by atoms with Gasteiger partial charge in [0.25, 0.3) is 0 Å². The minimum atomic E-state index is 0.416. The number of hydrogen-bond acceptors (Lipinski definition) is 1. The fourth-order valence-electron chi connectivity index (χ4n) is 2.97. The average Bonchev–Trinajstić information content (AvgIpc) is 2.19. The first kappa shape index (κ1) is 8.28. The number of Topliss-reactive ketones (excluding diaryl/α,β-unsaturated/α-hetero) is 1. The standard InChI is InChI=1S/C11H18O/c1-11(2)7-8-4-3-5-9(11)6-10(8)12/h8-9H,3-7H2,1-2H3/t8-,9+/m1/s1. The van der Waals surface area contributed by atoms with Crippen LogP contribution in [0.3, 0.4) is 0 Å². The second-order valence-electron chi connectivity index (χ2n) is 5.19. The molecule has 0 amide bonds. The topological polar surface area (TPSA) is 17.1 Å². The second-order valence-corrected chi connectivity index (χ2v) is 5.19. The van der Waals surface area contributed by atoms with Crippen LogP contribution in [-0.4, -0.2) is 5.78 Å². The van der Waals surface area contributed by atoms with Gasteiger partial charge in [0.2, 0.25) is 0 Å². The largest absolute Gasteiger partial charge is 0.299 e. The van der Waals surface area contributed by atoms with Crippen LogP contribution in [-0.2, 0) is 4.79 Å². The summed E-state index contributed by atoms with van der Waals surface area (Å²) in [6.07, 6.45) is 5.76. The molecule has 0 aromatic rings. The van der Waals surface area contributed by atoms with Crippen LogP contribution in [0.4, 0.5) is 0 Å². The molecule has 0 spiro atoms. The fourth-order valence-corrected chi connectivity index (χ4v) is 2.97. The first-order valence-electron chi connectivity index (χ1n) is 5.12. The highest BCUT2D eigenvalue weighted by Crippen LogP contribution is 2.48. The number of hydrogen-bond donors (Lipinski definition) is 0. The summed E-state index contributed by atoms with van der Waals surface area (Å²) in [7, 11) is 0. The molecular formula is C11H18O. The van der Waals surface area contributed by atoms with Crippen LogP contribution in [0.5, 0.6) is 0 Å². The molecule has 0 aromatic carbocycles. The highest BCUT2D eigenvalue weighted by molar-refractivity contribution is 5.82. The number of rotatable bonds is 0. The summed E-state index contributed by atoms with van der Waals surface area (Å²) in [5, 5.41) is 0. The van der Waals surface area contributed by atoms with Crippen LogP contribution in [0, 0.1) is 17.3 Å². The molecule has 0 saturated heterocycles. The van der Waals surface area contributed by atoms with Crippen molar-refractivity contribution in [1.29, 1.82) is 0 Å². The molecule has 0 N–H and O–H groups in total. The van der Waals surface area contributed by atoms with Gasteiger partial charge in [-0.25, -0.2) is 0 Å². The first-order valence-corrected chi connectivity index (χ1v) is 5.12. The minimum absolute atomic E-state index is 0.416. The maximum atomic E-state index is 11.6. The molecule has 0 aliphatic heterocycles. The summed E-state index contributed by atoms with van der Waals surface area (Å²) >= 11 is 0. The van der Waals surface area contributed by atoms with Gasteiger partial charge in [-0.15, -0.1) is 0 Å². The molecule has 2 atom stereocenters. The van der Waals surface area contributed by atoms with E-state index in [0.717, 1.165) is 12.8 Å². The number of carbonyl (C=O) groups is 1. The third-order valence-corrected chi connectivity index (χ3v) is 3.89. The summed E-state index contributed by atoms with van der Waals surface area (Å²) in [6.45, 7) is 4.67. The van der Waals surface area contributed by atoms with Crippen molar-refractivity contribution in [3.8, 4) is 0 Å². The van der Waals surface area contributed by atoms with Crippen LogP contribution >= 0.6 is 0 Å². The van der Waals surface area contributed by atoms with Crippen LogP contribution in [0.25, 0.3) is 0 Å². The predicted octanol–water partition coefficient (Wildman–Crippen LogP) is 2.79. The van der Waals surface area contributed by atoms with Gasteiger partial charge in [0.05, 0.1) is 0 Å². The number of fused-ring (bicyclic) bond motifs is 4. The van der Waals surface area contributed by atoms with Gasteiger partial charge in [0.15, 0.2) is 0 Å².